The first-order valence-electron chi connectivity index (χ1n) is 10.1. The van der Waals surface area contributed by atoms with Crippen LogP contribution in [0.4, 0.5) is 0 Å². The van der Waals surface area contributed by atoms with Gasteiger partial charge in [-0.1, -0.05) is 30.3 Å². The van der Waals surface area contributed by atoms with E-state index in [1.165, 1.54) is 24.8 Å². The Labute approximate surface area is 150 Å². The zero-order valence-electron chi connectivity index (χ0n) is 15.1. The summed E-state index contributed by atoms with van der Waals surface area (Å²) in [6.07, 6.45) is 7.38. The van der Waals surface area contributed by atoms with Crippen molar-refractivity contribution in [3.8, 4) is 0 Å². The van der Waals surface area contributed by atoms with Crippen molar-refractivity contribution in [3.05, 3.63) is 35.9 Å². The van der Waals surface area contributed by atoms with Crippen molar-refractivity contribution in [1.82, 2.24) is 4.90 Å². The van der Waals surface area contributed by atoms with Crippen LogP contribution < -0.4 is 0 Å². The number of benzene rings is 1. The van der Waals surface area contributed by atoms with Gasteiger partial charge in [0.05, 0.1) is 19.8 Å². The van der Waals surface area contributed by atoms with Crippen molar-refractivity contribution in [2.24, 2.45) is 17.3 Å². The van der Waals surface area contributed by atoms with E-state index in [4.69, 9.17) is 4.74 Å². The fourth-order valence-electron chi connectivity index (χ4n) is 6.85. The van der Waals surface area contributed by atoms with Crippen molar-refractivity contribution in [3.63, 3.8) is 0 Å². The normalized spacial score (nSPS) is 40.3. The van der Waals surface area contributed by atoms with E-state index in [9.17, 15) is 4.79 Å². The smallest absolute Gasteiger partial charge is 0.153 e. The molecule has 4 aliphatic carbocycles. The molecular weight excluding hydrogens is 310 g/mol. The van der Waals surface area contributed by atoms with Gasteiger partial charge in [-0.05, 0) is 61.3 Å². The molecule has 1 saturated heterocycles. The molecule has 6 rings (SSSR count). The molecule has 134 valence electrons. The van der Waals surface area contributed by atoms with Crippen LogP contribution in [0.2, 0.25) is 0 Å². The fourth-order valence-corrected chi connectivity index (χ4v) is 6.85. The molecule has 3 nitrogen and oxygen atoms in total. The highest BCUT2D eigenvalue weighted by Gasteiger charge is 2.60. The SMILES string of the molecule is O=C(CN1CCOCC1)C12CC3CC(C1)CC(c1ccccc1)(C3)C2. The third kappa shape index (κ3) is 2.67. The highest BCUT2D eigenvalue weighted by Crippen LogP contribution is 2.66. The van der Waals surface area contributed by atoms with Gasteiger partial charge in [-0.2, -0.15) is 0 Å². The topological polar surface area (TPSA) is 29.5 Å². The van der Waals surface area contributed by atoms with Crippen LogP contribution in [0.5, 0.6) is 0 Å². The maximum atomic E-state index is 13.5. The third-order valence-corrected chi connectivity index (χ3v) is 7.51. The second-order valence-corrected chi connectivity index (χ2v) is 9.20. The van der Waals surface area contributed by atoms with Gasteiger partial charge in [-0.15, -0.1) is 0 Å². The first-order valence-corrected chi connectivity index (χ1v) is 10.1. The fraction of sp³-hybridized carbons (Fsp3) is 0.682. The molecule has 0 N–H and O–H groups in total. The number of rotatable bonds is 4. The zero-order valence-corrected chi connectivity index (χ0v) is 15.1. The van der Waals surface area contributed by atoms with Crippen LogP contribution in [0, 0.1) is 17.3 Å². The number of nitrogens with zero attached hydrogens (tertiary/aromatic N) is 1. The summed E-state index contributed by atoms with van der Waals surface area (Å²) < 4.78 is 5.45. The number of ether oxygens (including phenoxy) is 1. The van der Waals surface area contributed by atoms with E-state index in [1.807, 2.05) is 0 Å². The predicted octanol–water partition coefficient (Wildman–Crippen LogP) is 3.43. The van der Waals surface area contributed by atoms with E-state index < -0.39 is 0 Å². The van der Waals surface area contributed by atoms with Crippen LogP contribution in [0.25, 0.3) is 0 Å². The summed E-state index contributed by atoms with van der Waals surface area (Å²) in [5.74, 6) is 2.05. The average molecular weight is 339 g/mol. The number of carbonyl (C=O) groups is 1. The van der Waals surface area contributed by atoms with E-state index in [0.717, 1.165) is 57.4 Å². The molecule has 1 aromatic rings. The zero-order chi connectivity index (χ0) is 16.9. The quantitative estimate of drug-likeness (QED) is 0.842. The minimum absolute atomic E-state index is 0.0434. The number of ketones is 1. The lowest BCUT2D eigenvalue weighted by Gasteiger charge is -2.62. The van der Waals surface area contributed by atoms with Crippen molar-refractivity contribution in [2.45, 2.75) is 43.9 Å². The molecule has 1 aliphatic heterocycles. The number of hydrogen-bond donors (Lipinski definition) is 0. The van der Waals surface area contributed by atoms with Gasteiger partial charge in [0.15, 0.2) is 5.78 Å². The van der Waals surface area contributed by atoms with Crippen molar-refractivity contribution >= 4 is 5.78 Å². The molecule has 5 fully saturated rings. The number of carbonyl (C=O) groups excluding carboxylic acids is 1. The molecule has 3 heteroatoms. The average Bonchev–Trinajstić information content (AvgIpc) is 2.62. The number of hydrogen-bond acceptors (Lipinski definition) is 3. The Morgan fingerprint density at radius 2 is 1.72 bits per heavy atom. The third-order valence-electron chi connectivity index (χ3n) is 7.51. The molecule has 4 bridgehead atoms. The predicted molar refractivity (Wildman–Crippen MR) is 97.5 cm³/mol. The second kappa shape index (κ2) is 5.92. The Kier molecular flexibility index (Phi) is 3.79. The summed E-state index contributed by atoms with van der Waals surface area (Å²) in [7, 11) is 0. The Hall–Kier alpha value is -1.19. The summed E-state index contributed by atoms with van der Waals surface area (Å²) in [6.45, 7) is 4.03. The van der Waals surface area contributed by atoms with Gasteiger partial charge < -0.3 is 4.74 Å². The summed E-state index contributed by atoms with van der Waals surface area (Å²) >= 11 is 0. The summed E-state index contributed by atoms with van der Waals surface area (Å²) in [5.41, 5.74) is 1.72. The Morgan fingerprint density at radius 1 is 1.04 bits per heavy atom. The first-order chi connectivity index (χ1) is 12.2. The summed E-state index contributed by atoms with van der Waals surface area (Å²) in [5, 5.41) is 0. The van der Waals surface area contributed by atoms with E-state index in [2.05, 4.69) is 35.2 Å². The van der Waals surface area contributed by atoms with Gasteiger partial charge >= 0.3 is 0 Å². The molecule has 5 aliphatic rings. The Morgan fingerprint density at radius 3 is 2.40 bits per heavy atom. The Balaban J connectivity index is 1.43. The standard InChI is InChI=1S/C22H29NO2/c24-20(15-23-6-8-25-9-7-23)22-13-17-10-18(14-22)12-21(11-17,16-22)19-4-2-1-3-5-19/h1-5,17-18H,6-16H2. The molecule has 0 amide bonds. The number of morpholine rings is 1. The summed E-state index contributed by atoms with van der Waals surface area (Å²) in [6, 6.07) is 11.1. The van der Waals surface area contributed by atoms with Gasteiger partial charge in [-0.25, -0.2) is 0 Å². The van der Waals surface area contributed by atoms with Gasteiger partial charge in [0, 0.05) is 18.5 Å². The minimum Gasteiger partial charge on any atom is -0.379 e. The largest absolute Gasteiger partial charge is 0.379 e. The van der Waals surface area contributed by atoms with E-state index in [1.54, 1.807) is 0 Å². The molecule has 1 aromatic carbocycles. The molecule has 0 radical (unpaired) electrons. The second-order valence-electron chi connectivity index (χ2n) is 9.20. The van der Waals surface area contributed by atoms with Gasteiger partial charge in [0.1, 0.15) is 0 Å². The minimum atomic E-state index is -0.0434. The Bertz CT molecular complexity index is 635. The van der Waals surface area contributed by atoms with Gasteiger partial charge in [-0.3, -0.25) is 9.69 Å². The lowest BCUT2D eigenvalue weighted by Crippen LogP contribution is -2.58. The van der Waals surface area contributed by atoms with Crippen LogP contribution in [0.15, 0.2) is 30.3 Å². The molecule has 2 atom stereocenters. The van der Waals surface area contributed by atoms with Crippen molar-refractivity contribution < 1.29 is 9.53 Å². The van der Waals surface area contributed by atoms with Crippen LogP contribution >= 0.6 is 0 Å². The van der Waals surface area contributed by atoms with E-state index in [0.29, 0.717) is 12.3 Å². The molecule has 2 unspecified atom stereocenters. The molecular formula is C22H29NO2. The molecule has 0 aromatic heterocycles. The highest BCUT2D eigenvalue weighted by atomic mass is 16.5. The van der Waals surface area contributed by atoms with E-state index in [-0.39, 0.29) is 10.8 Å². The maximum absolute atomic E-state index is 13.5. The van der Waals surface area contributed by atoms with Crippen LogP contribution in [0.1, 0.15) is 44.1 Å². The van der Waals surface area contributed by atoms with Crippen LogP contribution in [-0.2, 0) is 14.9 Å². The van der Waals surface area contributed by atoms with E-state index >= 15 is 0 Å². The monoisotopic (exact) mass is 339 g/mol. The summed E-state index contributed by atoms with van der Waals surface area (Å²) in [4.78, 5) is 15.8. The van der Waals surface area contributed by atoms with Gasteiger partial charge in [0.25, 0.3) is 0 Å². The molecule has 25 heavy (non-hydrogen) atoms. The maximum Gasteiger partial charge on any atom is 0.153 e. The molecule has 1 heterocycles. The lowest BCUT2D eigenvalue weighted by atomic mass is 9.42. The lowest BCUT2D eigenvalue weighted by molar-refractivity contribution is -0.148. The van der Waals surface area contributed by atoms with Crippen molar-refractivity contribution in [2.75, 3.05) is 32.8 Å². The highest BCUT2D eigenvalue weighted by molar-refractivity contribution is 5.87. The number of Topliss-reactive ketones (excluding diaryl/α,β-unsaturated/α-hetero) is 1. The molecule has 0 spiro atoms. The molecule has 4 saturated carbocycles. The van der Waals surface area contributed by atoms with Gasteiger partial charge in [0.2, 0.25) is 0 Å². The van der Waals surface area contributed by atoms with Crippen LogP contribution in [-0.4, -0.2) is 43.5 Å². The van der Waals surface area contributed by atoms with Crippen molar-refractivity contribution in [1.29, 1.82) is 0 Å². The first kappa shape index (κ1) is 16.0. The van der Waals surface area contributed by atoms with Crippen LogP contribution in [0.3, 0.4) is 0 Å².